The molecular formula is C20H22. The maximum Gasteiger partial charge on any atom is -0.0152 e. The van der Waals surface area contributed by atoms with Gasteiger partial charge in [0.1, 0.15) is 0 Å². The molecule has 0 heterocycles. The van der Waals surface area contributed by atoms with Crippen molar-refractivity contribution in [3.63, 3.8) is 0 Å². The Morgan fingerprint density at radius 3 is 2.40 bits per heavy atom. The van der Waals surface area contributed by atoms with Crippen LogP contribution in [-0.2, 0) is 0 Å². The van der Waals surface area contributed by atoms with Crippen LogP contribution in [0.4, 0.5) is 0 Å². The second-order valence-electron chi connectivity index (χ2n) is 5.30. The first kappa shape index (κ1) is 14.3. The van der Waals surface area contributed by atoms with Gasteiger partial charge in [-0.1, -0.05) is 60.7 Å². The second-order valence-corrected chi connectivity index (χ2v) is 5.30. The maximum atomic E-state index is 4.32. The Kier molecular flexibility index (Phi) is 4.24. The van der Waals surface area contributed by atoms with Gasteiger partial charge in [0.2, 0.25) is 0 Å². The fourth-order valence-electron chi connectivity index (χ4n) is 2.61. The molecule has 2 aromatic rings. The molecule has 0 amide bonds. The summed E-state index contributed by atoms with van der Waals surface area (Å²) in [7, 11) is 0. The predicted octanol–water partition coefficient (Wildman–Crippen LogP) is 3.99. The van der Waals surface area contributed by atoms with Crippen LogP contribution in [0.5, 0.6) is 0 Å². The van der Waals surface area contributed by atoms with Crippen molar-refractivity contribution < 1.29 is 0 Å². The van der Waals surface area contributed by atoms with Gasteiger partial charge in [-0.25, -0.2) is 0 Å². The van der Waals surface area contributed by atoms with Gasteiger partial charge >= 0.3 is 0 Å². The van der Waals surface area contributed by atoms with Crippen LogP contribution in [0.1, 0.15) is 30.5 Å². The fraction of sp³-hybridized carbons (Fsp3) is 0.200. The first-order valence-corrected chi connectivity index (χ1v) is 7.03. The van der Waals surface area contributed by atoms with Crippen LogP contribution in [0.15, 0.2) is 49.0 Å². The zero-order chi connectivity index (χ0) is 14.7. The van der Waals surface area contributed by atoms with E-state index >= 15 is 0 Å². The van der Waals surface area contributed by atoms with Gasteiger partial charge in [-0.15, -0.1) is 0 Å². The Balaban J connectivity index is 2.64. The minimum atomic E-state index is 1.11. The standard InChI is InChI=1S/C20H22/c1-6-18-9-7-8-10-20(18)17(5)16(4)19-12-11-14(2)13-15(19)3/h6-13H,4H2,1-3,5H3/b18-6-,20-17-. The quantitative estimate of drug-likeness (QED) is 0.767. The van der Waals surface area contributed by atoms with Crippen LogP contribution in [0, 0.1) is 13.8 Å². The summed E-state index contributed by atoms with van der Waals surface area (Å²) in [5.74, 6) is 0. The second kappa shape index (κ2) is 5.92. The van der Waals surface area contributed by atoms with E-state index in [1.54, 1.807) is 0 Å². The van der Waals surface area contributed by atoms with Crippen LogP contribution >= 0.6 is 0 Å². The van der Waals surface area contributed by atoms with E-state index in [2.05, 4.69) is 82.8 Å². The van der Waals surface area contributed by atoms with E-state index < -0.39 is 0 Å². The molecule has 20 heavy (non-hydrogen) atoms. The summed E-state index contributed by atoms with van der Waals surface area (Å²) in [6.45, 7) is 12.8. The van der Waals surface area contributed by atoms with Gasteiger partial charge < -0.3 is 0 Å². The van der Waals surface area contributed by atoms with Crippen LogP contribution in [0.3, 0.4) is 0 Å². The lowest BCUT2D eigenvalue weighted by Crippen LogP contribution is -2.25. The van der Waals surface area contributed by atoms with Crippen molar-refractivity contribution in [1.29, 1.82) is 0 Å². The third kappa shape index (κ3) is 2.75. The Bertz CT molecular complexity index is 761. The Labute approximate surface area is 121 Å². The summed E-state index contributed by atoms with van der Waals surface area (Å²) >= 11 is 0. The average molecular weight is 262 g/mol. The molecule has 0 bridgehead atoms. The van der Waals surface area contributed by atoms with Crippen LogP contribution < -0.4 is 10.4 Å². The molecule has 0 saturated carbocycles. The van der Waals surface area contributed by atoms with E-state index in [0.717, 1.165) is 5.57 Å². The van der Waals surface area contributed by atoms with E-state index in [1.165, 1.54) is 32.7 Å². The molecule has 0 unspecified atom stereocenters. The minimum absolute atomic E-state index is 1.11. The molecule has 0 aromatic heterocycles. The van der Waals surface area contributed by atoms with Crippen molar-refractivity contribution in [2.45, 2.75) is 27.7 Å². The summed E-state index contributed by atoms with van der Waals surface area (Å²) in [6, 6.07) is 15.0. The molecule has 0 nitrogen and oxygen atoms in total. The smallest absolute Gasteiger partial charge is 0.0152 e. The minimum Gasteiger partial charge on any atom is -0.0909 e. The largest absolute Gasteiger partial charge is 0.0909 e. The Hall–Kier alpha value is -2.08. The molecule has 0 aliphatic heterocycles. The van der Waals surface area contributed by atoms with Crippen LogP contribution in [0.25, 0.3) is 17.2 Å². The zero-order valence-corrected chi connectivity index (χ0v) is 12.8. The molecule has 0 spiro atoms. The van der Waals surface area contributed by atoms with E-state index in [9.17, 15) is 0 Å². The van der Waals surface area contributed by atoms with Gasteiger partial charge in [-0.05, 0) is 60.4 Å². The number of rotatable bonds is 2. The summed E-state index contributed by atoms with van der Waals surface area (Å²) in [4.78, 5) is 0. The lowest BCUT2D eigenvalue weighted by molar-refractivity contribution is 1.35. The maximum absolute atomic E-state index is 4.32. The third-order valence-electron chi connectivity index (χ3n) is 3.84. The first-order chi connectivity index (χ1) is 9.54. The molecule has 102 valence electrons. The van der Waals surface area contributed by atoms with Gasteiger partial charge in [0.25, 0.3) is 0 Å². The van der Waals surface area contributed by atoms with Crippen molar-refractivity contribution in [2.24, 2.45) is 0 Å². The van der Waals surface area contributed by atoms with Gasteiger partial charge in [-0.2, -0.15) is 0 Å². The number of benzene rings is 2. The topological polar surface area (TPSA) is 0 Å². The number of allylic oxidation sites excluding steroid dienone is 1. The molecule has 0 aliphatic rings. The Morgan fingerprint density at radius 1 is 1.05 bits per heavy atom. The summed E-state index contributed by atoms with van der Waals surface area (Å²) in [5.41, 5.74) is 6.16. The summed E-state index contributed by atoms with van der Waals surface area (Å²) in [6.07, 6.45) is 2.15. The molecule has 0 atom stereocenters. The Morgan fingerprint density at radius 2 is 1.75 bits per heavy atom. The highest BCUT2D eigenvalue weighted by molar-refractivity contribution is 5.96. The molecule has 2 aromatic carbocycles. The van der Waals surface area contributed by atoms with Gasteiger partial charge in [-0.3, -0.25) is 0 Å². The highest BCUT2D eigenvalue weighted by atomic mass is 14.1. The lowest BCUT2D eigenvalue weighted by atomic mass is 9.93. The van der Waals surface area contributed by atoms with E-state index in [1.807, 2.05) is 0 Å². The van der Waals surface area contributed by atoms with Crippen molar-refractivity contribution in [1.82, 2.24) is 0 Å². The zero-order valence-electron chi connectivity index (χ0n) is 12.8. The number of aryl methyl sites for hydroxylation is 2. The third-order valence-corrected chi connectivity index (χ3v) is 3.84. The molecule has 0 heteroatoms. The van der Waals surface area contributed by atoms with E-state index in [0.29, 0.717) is 0 Å². The first-order valence-electron chi connectivity index (χ1n) is 7.03. The molecule has 0 saturated heterocycles. The molecule has 0 aliphatic carbocycles. The number of hydrogen-bond donors (Lipinski definition) is 0. The molecule has 2 rings (SSSR count). The summed E-state index contributed by atoms with van der Waals surface area (Å²) < 4.78 is 0. The van der Waals surface area contributed by atoms with Gasteiger partial charge in [0.15, 0.2) is 0 Å². The highest BCUT2D eigenvalue weighted by Gasteiger charge is 2.06. The predicted molar refractivity (Wildman–Crippen MR) is 89.9 cm³/mol. The van der Waals surface area contributed by atoms with Gasteiger partial charge in [0, 0.05) is 0 Å². The van der Waals surface area contributed by atoms with Crippen molar-refractivity contribution >= 4 is 17.2 Å². The summed E-state index contributed by atoms with van der Waals surface area (Å²) in [5, 5.41) is 2.52. The monoisotopic (exact) mass is 262 g/mol. The average Bonchev–Trinajstić information content (AvgIpc) is 2.45. The lowest BCUT2D eigenvalue weighted by Gasteiger charge is -2.11. The van der Waals surface area contributed by atoms with Crippen molar-refractivity contribution in [3.05, 3.63) is 76.2 Å². The molecule has 0 fully saturated rings. The molecule has 0 radical (unpaired) electrons. The normalized spacial score (nSPS) is 13.3. The van der Waals surface area contributed by atoms with Crippen molar-refractivity contribution in [3.8, 4) is 0 Å². The van der Waals surface area contributed by atoms with Crippen LogP contribution in [0.2, 0.25) is 0 Å². The SMILES string of the molecule is C=C(/C(C)=c1/cccc/c1=C/C)c1ccc(C)cc1C. The van der Waals surface area contributed by atoms with Gasteiger partial charge in [0.05, 0.1) is 0 Å². The molecule has 0 N–H and O–H groups in total. The highest BCUT2D eigenvalue weighted by Crippen LogP contribution is 2.24. The molecular weight excluding hydrogens is 240 g/mol. The fourth-order valence-corrected chi connectivity index (χ4v) is 2.61. The van der Waals surface area contributed by atoms with Crippen molar-refractivity contribution in [2.75, 3.05) is 0 Å². The van der Waals surface area contributed by atoms with E-state index in [4.69, 9.17) is 0 Å². The number of hydrogen-bond acceptors (Lipinski definition) is 0. The van der Waals surface area contributed by atoms with Crippen LogP contribution in [-0.4, -0.2) is 0 Å². The van der Waals surface area contributed by atoms with E-state index in [-0.39, 0.29) is 0 Å².